The fourth-order valence-corrected chi connectivity index (χ4v) is 2.63. The van der Waals surface area contributed by atoms with Gasteiger partial charge in [0.15, 0.2) is 0 Å². The van der Waals surface area contributed by atoms with E-state index in [1.54, 1.807) is 0 Å². The van der Waals surface area contributed by atoms with Crippen molar-refractivity contribution in [3.8, 4) is 0 Å². The van der Waals surface area contributed by atoms with Gasteiger partial charge in [0.2, 0.25) is 0 Å². The summed E-state index contributed by atoms with van der Waals surface area (Å²) >= 11 is 0. The molecule has 0 aromatic rings. The molecule has 0 saturated carbocycles. The first kappa shape index (κ1) is 36.5. The Hall–Kier alpha value is 0.0822. The van der Waals surface area contributed by atoms with E-state index in [1.807, 2.05) is 6.92 Å². The van der Waals surface area contributed by atoms with Crippen LogP contribution >= 0.6 is 0 Å². The van der Waals surface area contributed by atoms with Crippen molar-refractivity contribution in [3.05, 3.63) is 0 Å². The summed E-state index contributed by atoms with van der Waals surface area (Å²) in [5.41, 5.74) is 0. The molecule has 0 bridgehead atoms. The number of carbonyl (C=O) groups is 3. The fourth-order valence-electron chi connectivity index (χ4n) is 2.63. The number of aliphatic carboxylic acids is 3. The number of carbonyl (C=O) groups excluding carboxylic acids is 3. The van der Waals surface area contributed by atoms with Crippen molar-refractivity contribution in [2.24, 2.45) is 0 Å². The first-order valence-corrected chi connectivity index (χ1v) is 8.83. The molecule has 0 rings (SSSR count). The van der Waals surface area contributed by atoms with Crippen LogP contribution in [-0.4, -0.2) is 76.7 Å². The van der Waals surface area contributed by atoms with Gasteiger partial charge < -0.3 is 34.8 Å². The Kier molecular flexibility index (Phi) is 23.7. The third-order valence-corrected chi connectivity index (χ3v) is 4.55. The minimum Gasteiger partial charge on any atom is -0.548 e. The summed E-state index contributed by atoms with van der Waals surface area (Å²) in [6.45, 7) is 5.98. The zero-order valence-corrected chi connectivity index (χ0v) is 18.8. The molecule has 4 unspecified atom stereocenters. The van der Waals surface area contributed by atoms with Gasteiger partial charge in [0.05, 0.1) is 24.0 Å². The van der Waals surface area contributed by atoms with E-state index in [4.69, 9.17) is 0 Å². The Labute approximate surface area is 209 Å². The van der Waals surface area contributed by atoms with Gasteiger partial charge in [0.25, 0.3) is 0 Å². The van der Waals surface area contributed by atoms with E-state index in [9.17, 15) is 34.8 Å². The van der Waals surface area contributed by atoms with E-state index >= 15 is 0 Å². The Balaban J connectivity index is -0.00000104. The molecule has 0 radical (unpaired) electrons. The Morgan fingerprint density at radius 3 is 1.59 bits per heavy atom. The van der Waals surface area contributed by atoms with E-state index in [0.29, 0.717) is 6.42 Å². The van der Waals surface area contributed by atoms with E-state index in [-0.39, 0.29) is 76.2 Å². The molecule has 0 aromatic heterocycles. The van der Waals surface area contributed by atoms with Crippen LogP contribution in [0.2, 0.25) is 0 Å². The molecule has 4 atom stereocenters. The average molecular weight is 394 g/mol. The molecule has 0 aromatic carbocycles. The van der Waals surface area contributed by atoms with Crippen LogP contribution in [0.25, 0.3) is 0 Å². The third kappa shape index (κ3) is 13.9. The molecule has 0 amide bonds. The molecular weight excluding hydrogens is 365 g/mol. The van der Waals surface area contributed by atoms with E-state index in [2.05, 4.69) is 0 Å². The van der Waals surface area contributed by atoms with Gasteiger partial charge in [-0.05, 0) is 27.2 Å². The van der Waals surface area contributed by atoms with Crippen molar-refractivity contribution in [1.82, 2.24) is 9.80 Å². The van der Waals surface area contributed by atoms with Crippen molar-refractivity contribution >= 4 is 17.9 Å². The van der Waals surface area contributed by atoms with Crippen LogP contribution in [0.3, 0.4) is 0 Å². The van der Waals surface area contributed by atoms with Crippen LogP contribution in [0.1, 0.15) is 47.0 Å². The first-order chi connectivity index (χ1) is 12.0. The summed E-state index contributed by atoms with van der Waals surface area (Å²) in [7, 11) is 0. The summed E-state index contributed by atoms with van der Waals surface area (Å²) in [6, 6.07) is -3.43. The predicted molar refractivity (Wildman–Crippen MR) is 87.2 cm³/mol. The maximum Gasteiger partial charge on any atom is 1.00 e. The Morgan fingerprint density at radius 1 is 0.828 bits per heavy atom. The first-order valence-electron chi connectivity index (χ1n) is 8.83. The molecule has 0 saturated heterocycles. The normalized spacial score (nSPS) is 14.6. The molecule has 1 N–H and O–H groups in total. The molecular formula is C17H29Li3N2O7. The molecule has 12 heteroatoms. The largest absolute Gasteiger partial charge is 1.00 e. The summed E-state index contributed by atoms with van der Waals surface area (Å²) in [5, 5.41) is 43.5. The average Bonchev–Trinajstić information content (AvgIpc) is 2.57. The second-order valence-corrected chi connectivity index (χ2v) is 6.51. The van der Waals surface area contributed by atoms with E-state index < -0.39 is 42.1 Å². The predicted octanol–water partition coefficient (Wildman–Crippen LogP) is -12.4. The van der Waals surface area contributed by atoms with Gasteiger partial charge in [-0.2, -0.15) is 0 Å². The van der Waals surface area contributed by atoms with Crippen LogP contribution in [0.4, 0.5) is 0 Å². The number of nitrogens with zero attached hydrogens (tertiary/aromatic N) is 2. The Morgan fingerprint density at radius 2 is 1.24 bits per heavy atom. The second-order valence-electron chi connectivity index (χ2n) is 6.51. The van der Waals surface area contributed by atoms with Crippen molar-refractivity contribution in [2.45, 2.75) is 71.2 Å². The summed E-state index contributed by atoms with van der Waals surface area (Å²) in [5.74, 6) is -4.22. The van der Waals surface area contributed by atoms with E-state index in [0.717, 1.165) is 17.7 Å². The van der Waals surface area contributed by atoms with Crippen molar-refractivity contribution in [3.63, 3.8) is 0 Å². The number of carboxylic acid groups (broad SMARTS) is 3. The van der Waals surface area contributed by atoms with Gasteiger partial charge in [0.1, 0.15) is 0 Å². The number of unbranched alkanes of at least 4 members (excludes halogenated alkanes) is 1. The molecule has 0 heterocycles. The van der Waals surface area contributed by atoms with Crippen LogP contribution in [0, 0.1) is 0 Å². The smallest absolute Gasteiger partial charge is 0.548 e. The maximum absolute atomic E-state index is 11.2. The standard InChI is InChI=1S/C17H32N2O7.3Li/c1-5-6-7-14(20)10-18(11(2)15(21)22)8-9-19(12(3)16(23)24)13(4)17(25)26;;;/h11-14,20H,5-10H2,1-4H3,(H,21,22)(H,23,24)(H,25,26);;;/q;3*+1/p-3. The van der Waals surface area contributed by atoms with Gasteiger partial charge in [-0.15, -0.1) is 0 Å². The molecule has 0 aliphatic carbocycles. The number of aliphatic hydroxyl groups is 1. The monoisotopic (exact) mass is 394 g/mol. The van der Waals surface area contributed by atoms with E-state index in [1.165, 1.54) is 25.7 Å². The topological polar surface area (TPSA) is 147 Å². The second kappa shape index (κ2) is 18.8. The number of hydrogen-bond donors (Lipinski definition) is 1. The van der Waals surface area contributed by atoms with Crippen LogP contribution in [0.15, 0.2) is 0 Å². The van der Waals surface area contributed by atoms with Gasteiger partial charge in [-0.3, -0.25) is 9.80 Å². The summed E-state index contributed by atoms with van der Waals surface area (Å²) < 4.78 is 0. The quantitative estimate of drug-likeness (QED) is 0.284. The van der Waals surface area contributed by atoms with Gasteiger partial charge in [-0.1, -0.05) is 19.8 Å². The summed E-state index contributed by atoms with van der Waals surface area (Å²) in [4.78, 5) is 36.1. The maximum atomic E-state index is 11.2. The molecule has 0 aliphatic rings. The fraction of sp³-hybridized carbons (Fsp3) is 0.824. The molecule has 9 nitrogen and oxygen atoms in total. The number of carboxylic acids is 3. The number of rotatable bonds is 14. The zero-order valence-electron chi connectivity index (χ0n) is 18.8. The van der Waals surface area contributed by atoms with Crippen molar-refractivity contribution in [1.29, 1.82) is 0 Å². The molecule has 152 valence electrons. The van der Waals surface area contributed by atoms with Gasteiger partial charge in [0, 0.05) is 37.8 Å². The number of hydrogen-bond acceptors (Lipinski definition) is 9. The third-order valence-electron chi connectivity index (χ3n) is 4.55. The zero-order chi connectivity index (χ0) is 20.4. The minimum absolute atomic E-state index is 0. The van der Waals surface area contributed by atoms with Crippen molar-refractivity contribution < 1.29 is 91.4 Å². The van der Waals surface area contributed by atoms with Gasteiger partial charge in [-0.25, -0.2) is 0 Å². The van der Waals surface area contributed by atoms with Crippen LogP contribution in [0.5, 0.6) is 0 Å². The SMILES string of the molecule is CCCCC(O)CN(CCN(C(C)C(=O)[O-])C(C)C(=O)[O-])C(C)C(=O)[O-].[Li+].[Li+].[Li+]. The van der Waals surface area contributed by atoms with Crippen molar-refractivity contribution in [2.75, 3.05) is 19.6 Å². The molecule has 0 spiro atoms. The minimum atomic E-state index is -1.44. The molecule has 0 aliphatic heterocycles. The van der Waals surface area contributed by atoms with Gasteiger partial charge >= 0.3 is 56.6 Å². The summed E-state index contributed by atoms with van der Waals surface area (Å²) in [6.07, 6.45) is 1.42. The Bertz CT molecular complexity index is 466. The number of aliphatic hydroxyl groups excluding tert-OH is 1. The molecule has 29 heavy (non-hydrogen) atoms. The van der Waals surface area contributed by atoms with Crippen LogP contribution < -0.4 is 71.9 Å². The molecule has 0 fully saturated rings. The van der Waals surface area contributed by atoms with Crippen LogP contribution in [-0.2, 0) is 14.4 Å².